The van der Waals surface area contributed by atoms with Crippen LogP contribution >= 0.6 is 0 Å². The van der Waals surface area contributed by atoms with Gasteiger partial charge in [-0.3, -0.25) is 9.29 Å². The molecule has 0 radical (unpaired) electrons. The Balaban J connectivity index is 1.52. The maximum atomic E-state index is 12.6. The standard InChI is InChI=1S/C21H16N6O3S/c1-15-24-20(27-11-10-23-14-27)12-21(25-15)30-18-8-6-17(7-9-18)26-31(28,29)19-5-3-2-4-16(19)13-22/h2-12,14,26H,1H3. The SMILES string of the molecule is Cc1nc(Oc2ccc(NS(=O)(=O)c3ccccc3C#N)cc2)cc(-n2ccnc2)n1. The summed E-state index contributed by atoms with van der Waals surface area (Å²) in [7, 11) is -3.91. The Hall–Kier alpha value is -4.23. The van der Waals surface area contributed by atoms with Crippen molar-refractivity contribution in [2.24, 2.45) is 0 Å². The van der Waals surface area contributed by atoms with Crippen LogP contribution in [0.2, 0.25) is 0 Å². The van der Waals surface area contributed by atoms with Crippen LogP contribution in [0.5, 0.6) is 11.6 Å². The molecule has 1 N–H and O–H groups in total. The molecule has 2 heterocycles. The summed E-state index contributed by atoms with van der Waals surface area (Å²) < 4.78 is 35.3. The fourth-order valence-corrected chi connectivity index (χ4v) is 4.04. The van der Waals surface area contributed by atoms with Crippen molar-refractivity contribution in [2.45, 2.75) is 11.8 Å². The van der Waals surface area contributed by atoms with Gasteiger partial charge in [-0.2, -0.15) is 10.2 Å². The molecule has 10 heteroatoms. The van der Waals surface area contributed by atoms with E-state index in [4.69, 9.17) is 10.00 Å². The summed E-state index contributed by atoms with van der Waals surface area (Å²) in [5.74, 6) is 1.95. The molecule has 0 aliphatic rings. The fourth-order valence-electron chi connectivity index (χ4n) is 2.82. The van der Waals surface area contributed by atoms with Gasteiger partial charge in [0.15, 0.2) is 0 Å². The lowest BCUT2D eigenvalue weighted by Gasteiger charge is -2.11. The summed E-state index contributed by atoms with van der Waals surface area (Å²) in [6.07, 6.45) is 5.03. The molecule has 9 nitrogen and oxygen atoms in total. The molecule has 0 aliphatic carbocycles. The molecule has 0 fully saturated rings. The number of hydrogen-bond donors (Lipinski definition) is 1. The molecule has 0 unspecified atom stereocenters. The van der Waals surface area contributed by atoms with Gasteiger partial charge >= 0.3 is 0 Å². The first-order valence-corrected chi connectivity index (χ1v) is 10.6. The van der Waals surface area contributed by atoms with Gasteiger partial charge in [0.2, 0.25) is 5.88 Å². The minimum atomic E-state index is -3.91. The van der Waals surface area contributed by atoms with E-state index in [1.165, 1.54) is 12.1 Å². The minimum Gasteiger partial charge on any atom is -0.439 e. The molecular weight excluding hydrogens is 416 g/mol. The third kappa shape index (κ3) is 4.52. The Kier molecular flexibility index (Phi) is 5.34. The zero-order valence-electron chi connectivity index (χ0n) is 16.3. The predicted octanol–water partition coefficient (Wildman–Crippen LogP) is 3.44. The van der Waals surface area contributed by atoms with Gasteiger partial charge in [-0.05, 0) is 43.3 Å². The van der Waals surface area contributed by atoms with E-state index in [0.717, 1.165) is 0 Å². The highest BCUT2D eigenvalue weighted by Crippen LogP contribution is 2.25. The molecule has 2 aromatic carbocycles. The summed E-state index contributed by atoms with van der Waals surface area (Å²) in [4.78, 5) is 12.5. The second kappa shape index (κ2) is 8.25. The van der Waals surface area contributed by atoms with Gasteiger partial charge in [0.1, 0.15) is 34.7 Å². The number of hydrogen-bond acceptors (Lipinski definition) is 7. The number of nitrogens with zero attached hydrogens (tertiary/aromatic N) is 5. The summed E-state index contributed by atoms with van der Waals surface area (Å²) in [5.41, 5.74) is 0.404. The van der Waals surface area contributed by atoms with Gasteiger partial charge in [-0.25, -0.2) is 18.4 Å². The molecular formula is C21H16N6O3S. The van der Waals surface area contributed by atoms with Gasteiger partial charge in [0.25, 0.3) is 10.0 Å². The Labute approximate surface area is 178 Å². The number of nitriles is 1. The molecule has 4 rings (SSSR count). The first kappa shape index (κ1) is 20.1. The summed E-state index contributed by atoms with van der Waals surface area (Å²) >= 11 is 0. The quantitative estimate of drug-likeness (QED) is 0.495. The molecule has 0 saturated heterocycles. The molecule has 0 bridgehead atoms. The Morgan fingerprint density at radius 1 is 1.10 bits per heavy atom. The van der Waals surface area contributed by atoms with Crippen LogP contribution in [0.1, 0.15) is 11.4 Å². The molecule has 2 aromatic heterocycles. The van der Waals surface area contributed by atoms with E-state index in [0.29, 0.717) is 29.0 Å². The molecule has 0 atom stereocenters. The Morgan fingerprint density at radius 3 is 2.58 bits per heavy atom. The van der Waals surface area contributed by atoms with E-state index in [1.54, 1.807) is 72.7 Å². The topological polar surface area (TPSA) is 123 Å². The Morgan fingerprint density at radius 2 is 1.87 bits per heavy atom. The van der Waals surface area contributed by atoms with Gasteiger partial charge in [0, 0.05) is 24.1 Å². The molecule has 154 valence electrons. The molecule has 31 heavy (non-hydrogen) atoms. The zero-order valence-corrected chi connectivity index (χ0v) is 17.1. The average Bonchev–Trinajstić information content (AvgIpc) is 3.30. The number of aryl methyl sites for hydroxylation is 1. The van der Waals surface area contributed by atoms with Crippen LogP contribution < -0.4 is 9.46 Å². The van der Waals surface area contributed by atoms with E-state index in [1.807, 2.05) is 6.07 Å². The predicted molar refractivity (Wildman–Crippen MR) is 112 cm³/mol. The van der Waals surface area contributed by atoms with E-state index in [-0.39, 0.29) is 10.5 Å². The number of anilines is 1. The van der Waals surface area contributed by atoms with Crippen molar-refractivity contribution in [1.82, 2.24) is 19.5 Å². The normalized spacial score (nSPS) is 11.0. The minimum absolute atomic E-state index is 0.0720. The highest BCUT2D eigenvalue weighted by Gasteiger charge is 2.18. The second-order valence-corrected chi connectivity index (χ2v) is 8.07. The lowest BCUT2D eigenvalue weighted by atomic mass is 10.2. The van der Waals surface area contributed by atoms with Crippen molar-refractivity contribution < 1.29 is 13.2 Å². The Bertz CT molecular complexity index is 1360. The van der Waals surface area contributed by atoms with E-state index >= 15 is 0 Å². The molecule has 0 spiro atoms. The van der Waals surface area contributed by atoms with Crippen molar-refractivity contribution in [2.75, 3.05) is 4.72 Å². The molecule has 4 aromatic rings. The average molecular weight is 432 g/mol. The van der Waals surface area contributed by atoms with Crippen LogP contribution in [-0.4, -0.2) is 27.9 Å². The van der Waals surface area contributed by atoms with Crippen LogP contribution in [0.3, 0.4) is 0 Å². The van der Waals surface area contributed by atoms with Crippen molar-refractivity contribution in [3.05, 3.63) is 84.7 Å². The third-order valence-electron chi connectivity index (χ3n) is 4.20. The maximum absolute atomic E-state index is 12.6. The first-order valence-electron chi connectivity index (χ1n) is 9.08. The lowest BCUT2D eigenvalue weighted by Crippen LogP contribution is -2.14. The summed E-state index contributed by atoms with van der Waals surface area (Å²) in [6, 6.07) is 15.9. The van der Waals surface area contributed by atoms with E-state index in [2.05, 4.69) is 19.7 Å². The summed E-state index contributed by atoms with van der Waals surface area (Å²) in [5, 5.41) is 9.15. The van der Waals surface area contributed by atoms with Gasteiger partial charge in [-0.15, -0.1) is 0 Å². The highest BCUT2D eigenvalue weighted by molar-refractivity contribution is 7.92. The number of aromatic nitrogens is 4. The van der Waals surface area contributed by atoms with Crippen LogP contribution in [0, 0.1) is 18.3 Å². The van der Waals surface area contributed by atoms with Crippen LogP contribution in [0.4, 0.5) is 5.69 Å². The smallest absolute Gasteiger partial charge is 0.263 e. The number of nitrogens with one attached hydrogen (secondary N) is 1. The lowest BCUT2D eigenvalue weighted by molar-refractivity contribution is 0.459. The molecule has 0 amide bonds. The molecule has 0 aliphatic heterocycles. The molecule has 0 saturated carbocycles. The first-order chi connectivity index (χ1) is 14.9. The zero-order chi connectivity index (χ0) is 21.8. The van der Waals surface area contributed by atoms with Crippen LogP contribution in [0.25, 0.3) is 5.82 Å². The summed E-state index contributed by atoms with van der Waals surface area (Å²) in [6.45, 7) is 1.75. The van der Waals surface area contributed by atoms with E-state index in [9.17, 15) is 8.42 Å². The van der Waals surface area contributed by atoms with Crippen LogP contribution in [-0.2, 0) is 10.0 Å². The number of benzene rings is 2. The van der Waals surface area contributed by atoms with Crippen molar-refractivity contribution in [3.63, 3.8) is 0 Å². The van der Waals surface area contributed by atoms with Crippen LogP contribution in [0.15, 0.2) is 78.2 Å². The number of ether oxygens (including phenoxy) is 1. The monoisotopic (exact) mass is 432 g/mol. The van der Waals surface area contributed by atoms with E-state index < -0.39 is 10.0 Å². The number of rotatable bonds is 6. The number of imidazole rings is 1. The van der Waals surface area contributed by atoms with Gasteiger partial charge in [0.05, 0.1) is 5.56 Å². The van der Waals surface area contributed by atoms with Gasteiger partial charge in [-0.1, -0.05) is 12.1 Å². The maximum Gasteiger partial charge on any atom is 0.263 e. The number of sulfonamides is 1. The van der Waals surface area contributed by atoms with Crippen molar-refractivity contribution >= 4 is 15.7 Å². The van der Waals surface area contributed by atoms with Crippen molar-refractivity contribution in [1.29, 1.82) is 5.26 Å². The highest BCUT2D eigenvalue weighted by atomic mass is 32.2. The van der Waals surface area contributed by atoms with Crippen molar-refractivity contribution in [3.8, 4) is 23.5 Å². The largest absolute Gasteiger partial charge is 0.439 e. The second-order valence-electron chi connectivity index (χ2n) is 6.42. The fraction of sp³-hybridized carbons (Fsp3) is 0.0476. The third-order valence-corrected chi connectivity index (χ3v) is 5.64. The van der Waals surface area contributed by atoms with Gasteiger partial charge < -0.3 is 4.74 Å².